The van der Waals surface area contributed by atoms with Crippen molar-refractivity contribution >= 4 is 26.7 Å². The number of benzene rings is 1. The quantitative estimate of drug-likeness (QED) is 0.261. The summed E-state index contributed by atoms with van der Waals surface area (Å²) in [4.78, 5) is 2.43. The first kappa shape index (κ1) is 22.7. The summed E-state index contributed by atoms with van der Waals surface area (Å²) in [6.45, 7) is 3.45. The topological polar surface area (TPSA) is 7.12 Å². The number of aryl methyl sites for hydroxylation is 1. The molecule has 2 rings (SSSR count). The summed E-state index contributed by atoms with van der Waals surface area (Å²) in [5, 5.41) is 1.37. The molecule has 0 amide bonds. The van der Waals surface area contributed by atoms with E-state index in [-0.39, 0.29) is 24.0 Å². The summed E-state index contributed by atoms with van der Waals surface area (Å²) >= 11 is 1.90. The Hall–Kier alpha value is -0.360. The molecule has 25 heavy (non-hydrogen) atoms. The number of anilines is 1. The normalized spacial score (nSPS) is 10.8. The van der Waals surface area contributed by atoms with E-state index >= 15 is 0 Å². The molecule has 0 N–H and O–H groups in total. The van der Waals surface area contributed by atoms with Crippen molar-refractivity contribution in [3.05, 3.63) is 24.3 Å². The molecule has 0 aliphatic heterocycles. The van der Waals surface area contributed by atoms with Gasteiger partial charge in [-0.05, 0) is 36.3 Å². The smallest absolute Gasteiger partial charge is 0.336 e. The summed E-state index contributed by atoms with van der Waals surface area (Å²) in [6, 6.07) is 8.69. The van der Waals surface area contributed by atoms with Gasteiger partial charge in [-0.2, -0.15) is 0 Å². The zero-order chi connectivity index (χ0) is 17.2. The van der Waals surface area contributed by atoms with E-state index in [0.717, 1.165) is 6.54 Å². The highest BCUT2D eigenvalue weighted by Gasteiger charge is 2.18. The first-order valence-corrected chi connectivity index (χ1v) is 10.6. The number of hydrogen-bond donors (Lipinski definition) is 0. The highest BCUT2D eigenvalue weighted by molar-refractivity contribution is 7.21. The molecule has 2 aromatic rings. The van der Waals surface area contributed by atoms with Gasteiger partial charge in [0.1, 0.15) is 5.52 Å². The fourth-order valence-corrected chi connectivity index (χ4v) is 4.49. The van der Waals surface area contributed by atoms with Crippen LogP contribution in [0.5, 0.6) is 0 Å². The first-order valence-electron chi connectivity index (χ1n) is 9.82. The lowest BCUT2D eigenvalue weighted by atomic mass is 10.1. The van der Waals surface area contributed by atoms with Gasteiger partial charge < -0.3 is 24.0 Å². The maximum atomic E-state index is 2.43. The molecule has 0 bridgehead atoms. The van der Waals surface area contributed by atoms with Gasteiger partial charge in [-0.15, -0.1) is 0 Å². The summed E-state index contributed by atoms with van der Waals surface area (Å²) in [6.07, 6.45) is 14.0. The zero-order valence-electron chi connectivity index (χ0n) is 16.3. The Morgan fingerprint density at radius 1 is 0.880 bits per heavy atom. The number of rotatable bonds is 12. The van der Waals surface area contributed by atoms with E-state index in [1.165, 1.54) is 79.6 Å². The van der Waals surface area contributed by atoms with Gasteiger partial charge in [0, 0.05) is 0 Å². The van der Waals surface area contributed by atoms with Crippen molar-refractivity contribution in [2.75, 3.05) is 18.5 Å². The van der Waals surface area contributed by atoms with E-state index in [4.69, 9.17) is 0 Å². The van der Waals surface area contributed by atoms with Crippen LogP contribution in [0.15, 0.2) is 24.3 Å². The van der Waals surface area contributed by atoms with Gasteiger partial charge in [0.2, 0.25) is 0 Å². The number of nitrogens with zero attached hydrogens (tertiary/aromatic N) is 2. The SMILES string of the molecule is CCCCCCCCCCCCN(C)c1sc2ccccc2[n+]1C.[I-]. The molecule has 0 unspecified atom stereocenters. The molecule has 1 heterocycles. The van der Waals surface area contributed by atoms with E-state index < -0.39 is 0 Å². The van der Waals surface area contributed by atoms with Crippen LogP contribution in [0.1, 0.15) is 71.1 Å². The minimum Gasteiger partial charge on any atom is -1.00 e. The van der Waals surface area contributed by atoms with Crippen molar-refractivity contribution in [3.8, 4) is 0 Å². The van der Waals surface area contributed by atoms with Crippen LogP contribution >= 0.6 is 11.3 Å². The first-order chi connectivity index (χ1) is 11.7. The summed E-state index contributed by atoms with van der Waals surface area (Å²) in [5.74, 6) is 0. The van der Waals surface area contributed by atoms with Crippen LogP contribution in [0.3, 0.4) is 0 Å². The fraction of sp³-hybridized carbons (Fsp3) is 0.667. The van der Waals surface area contributed by atoms with E-state index in [2.05, 4.69) is 54.8 Å². The van der Waals surface area contributed by atoms with Gasteiger partial charge in [-0.1, -0.05) is 70.4 Å². The Balaban J connectivity index is 0.00000312. The van der Waals surface area contributed by atoms with Crippen LogP contribution in [0, 0.1) is 0 Å². The van der Waals surface area contributed by atoms with E-state index in [0.29, 0.717) is 0 Å². The van der Waals surface area contributed by atoms with Gasteiger partial charge in [-0.3, -0.25) is 4.90 Å². The lowest BCUT2D eigenvalue weighted by Crippen LogP contribution is -3.00. The number of para-hydroxylation sites is 1. The lowest BCUT2D eigenvalue weighted by Gasteiger charge is -2.10. The highest BCUT2D eigenvalue weighted by Crippen LogP contribution is 2.25. The Labute approximate surface area is 175 Å². The van der Waals surface area contributed by atoms with Crippen LogP contribution in [-0.2, 0) is 7.05 Å². The third-order valence-corrected chi connectivity index (χ3v) is 6.22. The minimum absolute atomic E-state index is 0. The van der Waals surface area contributed by atoms with Gasteiger partial charge in [0.25, 0.3) is 0 Å². The maximum Gasteiger partial charge on any atom is 0.336 e. The van der Waals surface area contributed by atoms with Crippen molar-refractivity contribution in [3.63, 3.8) is 0 Å². The van der Waals surface area contributed by atoms with E-state index in [1.54, 1.807) is 0 Å². The molecular formula is C21H35IN2S. The zero-order valence-corrected chi connectivity index (χ0v) is 19.2. The molecule has 0 radical (unpaired) electrons. The Bertz CT molecular complexity index is 597. The molecule has 1 aromatic carbocycles. The second kappa shape index (κ2) is 12.9. The third-order valence-electron chi connectivity index (χ3n) is 4.89. The predicted octanol–water partition coefficient (Wildman–Crippen LogP) is 3.09. The van der Waals surface area contributed by atoms with Crippen LogP contribution in [0.2, 0.25) is 0 Å². The molecule has 0 saturated heterocycles. The van der Waals surface area contributed by atoms with Crippen LogP contribution in [-0.4, -0.2) is 13.6 Å². The van der Waals surface area contributed by atoms with Crippen molar-refractivity contribution < 1.29 is 28.5 Å². The van der Waals surface area contributed by atoms with Crippen LogP contribution in [0.4, 0.5) is 5.13 Å². The summed E-state index contributed by atoms with van der Waals surface area (Å²) in [5.41, 5.74) is 1.34. The van der Waals surface area contributed by atoms with Crippen LogP contribution in [0.25, 0.3) is 10.2 Å². The fourth-order valence-electron chi connectivity index (χ4n) is 3.36. The average molecular weight is 474 g/mol. The van der Waals surface area contributed by atoms with Gasteiger partial charge in [0.05, 0.1) is 25.3 Å². The summed E-state index contributed by atoms with van der Waals surface area (Å²) < 4.78 is 3.71. The summed E-state index contributed by atoms with van der Waals surface area (Å²) in [7, 11) is 4.42. The van der Waals surface area contributed by atoms with Crippen molar-refractivity contribution in [2.45, 2.75) is 71.1 Å². The van der Waals surface area contributed by atoms with Gasteiger partial charge in [-0.25, -0.2) is 4.57 Å². The molecule has 0 aliphatic carbocycles. The average Bonchev–Trinajstić information content (AvgIpc) is 2.94. The van der Waals surface area contributed by atoms with Gasteiger partial charge >= 0.3 is 5.13 Å². The number of aromatic nitrogens is 1. The Morgan fingerprint density at radius 3 is 2.04 bits per heavy atom. The Kier molecular flexibility index (Phi) is 11.7. The molecular weight excluding hydrogens is 439 g/mol. The standard InChI is InChI=1S/C21H35N2S.HI/c1-4-5-6-7-8-9-10-11-12-15-18-22(2)21-23(3)19-16-13-14-17-20(19)24-21;/h13-14,16-17H,4-12,15,18H2,1-3H3;1H/q+1;/p-1. The molecule has 2 nitrogen and oxygen atoms in total. The maximum absolute atomic E-state index is 2.43. The largest absolute Gasteiger partial charge is 1.00 e. The molecule has 0 fully saturated rings. The number of halogens is 1. The van der Waals surface area contributed by atoms with Crippen molar-refractivity contribution in [1.29, 1.82) is 0 Å². The Morgan fingerprint density at radius 2 is 1.44 bits per heavy atom. The monoisotopic (exact) mass is 474 g/mol. The van der Waals surface area contributed by atoms with E-state index in [1.807, 2.05) is 11.3 Å². The lowest BCUT2D eigenvalue weighted by molar-refractivity contribution is -0.628. The molecule has 0 aliphatic rings. The van der Waals surface area contributed by atoms with Crippen molar-refractivity contribution in [2.24, 2.45) is 7.05 Å². The molecule has 4 heteroatoms. The molecule has 142 valence electrons. The minimum atomic E-state index is 0. The molecule has 0 atom stereocenters. The molecule has 0 saturated carbocycles. The van der Waals surface area contributed by atoms with Crippen LogP contribution < -0.4 is 33.4 Å². The molecule has 1 aromatic heterocycles. The number of hydrogen-bond acceptors (Lipinski definition) is 2. The number of fused-ring (bicyclic) bond motifs is 1. The second-order valence-corrected chi connectivity index (χ2v) is 8.02. The number of thiazole rings is 1. The second-order valence-electron chi connectivity index (χ2n) is 7.01. The van der Waals surface area contributed by atoms with Crippen molar-refractivity contribution in [1.82, 2.24) is 0 Å². The highest BCUT2D eigenvalue weighted by atomic mass is 127. The van der Waals surface area contributed by atoms with Gasteiger partial charge in [0.15, 0.2) is 0 Å². The number of unbranched alkanes of at least 4 members (excludes halogenated alkanes) is 9. The predicted molar refractivity (Wildman–Crippen MR) is 108 cm³/mol. The molecule has 0 spiro atoms. The van der Waals surface area contributed by atoms with E-state index in [9.17, 15) is 0 Å². The third kappa shape index (κ3) is 7.41.